The van der Waals surface area contributed by atoms with Gasteiger partial charge in [-0.25, -0.2) is 9.97 Å². The molecule has 0 amide bonds. The fraction of sp³-hybridized carbons (Fsp3) is 0.500. The first-order valence-corrected chi connectivity index (χ1v) is 18.3. The van der Waals surface area contributed by atoms with Crippen LogP contribution in [0, 0.1) is 0 Å². The maximum absolute atomic E-state index is 11.6. The molecule has 1 unspecified atom stereocenters. The first kappa shape index (κ1) is 28.4. The third kappa shape index (κ3) is 7.26. The van der Waals surface area contributed by atoms with E-state index in [0.29, 0.717) is 17.8 Å². The van der Waals surface area contributed by atoms with Crippen LogP contribution in [-0.4, -0.2) is 41.3 Å². The summed E-state index contributed by atoms with van der Waals surface area (Å²) in [5.41, 5.74) is 2.64. The molecule has 1 aliphatic carbocycles. The highest BCUT2D eigenvalue weighted by Crippen LogP contribution is 2.40. The first-order valence-electron chi connectivity index (χ1n) is 12.9. The summed E-state index contributed by atoms with van der Waals surface area (Å²) >= 11 is 2.79. The van der Waals surface area contributed by atoms with Crippen LogP contribution in [0.3, 0.4) is 0 Å². The van der Waals surface area contributed by atoms with E-state index >= 15 is 0 Å². The maximum Gasteiger partial charge on any atom is 0.227 e. The van der Waals surface area contributed by atoms with Crippen molar-refractivity contribution in [1.29, 1.82) is 0 Å². The van der Waals surface area contributed by atoms with Crippen molar-refractivity contribution in [1.82, 2.24) is 9.97 Å². The molecule has 1 aromatic heterocycles. The standard InChI is InChI=1S/C28H38BrN3O3SSi/c1-28(2,3)37(5,6)35-23-13-11-22(12-14-23)34-26-24(29)15-10-20-17-30-27(32-25(20)26)31-21-9-7-8-19(16-21)18-36(4)33/h7-10,15-17,22-23H,11-14,18H2,1-6H3,(H,30,31,32)/t22-,23+,36?. The van der Waals surface area contributed by atoms with Gasteiger partial charge in [-0.2, -0.15) is 0 Å². The van der Waals surface area contributed by atoms with E-state index in [-0.39, 0.29) is 11.1 Å². The van der Waals surface area contributed by atoms with Crippen LogP contribution < -0.4 is 10.1 Å². The molecule has 0 saturated heterocycles. The Balaban J connectivity index is 1.48. The smallest absolute Gasteiger partial charge is 0.227 e. The number of nitrogens with zero attached hydrogens (tertiary/aromatic N) is 2. The first-order chi connectivity index (χ1) is 17.4. The lowest BCUT2D eigenvalue weighted by atomic mass is 9.95. The average molecular weight is 605 g/mol. The van der Waals surface area contributed by atoms with E-state index in [9.17, 15) is 4.55 Å². The largest absolute Gasteiger partial charge is 0.616 e. The lowest BCUT2D eigenvalue weighted by molar-refractivity contribution is 0.0729. The fourth-order valence-corrected chi connectivity index (χ4v) is 6.83. The predicted octanol–water partition coefficient (Wildman–Crippen LogP) is 7.73. The molecule has 1 aliphatic rings. The van der Waals surface area contributed by atoms with Gasteiger partial charge in [0.15, 0.2) is 14.1 Å². The molecule has 6 nitrogen and oxygen atoms in total. The molecule has 1 N–H and O–H groups in total. The highest BCUT2D eigenvalue weighted by atomic mass is 79.9. The molecule has 4 rings (SSSR count). The van der Waals surface area contributed by atoms with Crippen LogP contribution in [0.1, 0.15) is 52.0 Å². The Morgan fingerprint density at radius 1 is 1.11 bits per heavy atom. The van der Waals surface area contributed by atoms with E-state index in [1.165, 1.54) is 0 Å². The molecule has 1 heterocycles. The van der Waals surface area contributed by atoms with Crippen LogP contribution in [0.2, 0.25) is 18.1 Å². The Labute approximate surface area is 233 Å². The summed E-state index contributed by atoms with van der Waals surface area (Å²) in [6, 6.07) is 11.9. The van der Waals surface area contributed by atoms with E-state index in [1.54, 1.807) is 6.26 Å². The summed E-state index contributed by atoms with van der Waals surface area (Å²) < 4.78 is 25.7. The fourth-order valence-electron chi connectivity index (χ4n) is 4.35. The number of rotatable bonds is 8. The molecule has 0 bridgehead atoms. The van der Waals surface area contributed by atoms with E-state index in [1.807, 2.05) is 42.6 Å². The quantitative estimate of drug-likeness (QED) is 0.209. The van der Waals surface area contributed by atoms with Gasteiger partial charge in [0.25, 0.3) is 0 Å². The number of ether oxygens (including phenoxy) is 1. The number of anilines is 2. The van der Waals surface area contributed by atoms with Gasteiger partial charge in [-0.05, 0) is 84.0 Å². The van der Waals surface area contributed by atoms with Crippen molar-refractivity contribution in [2.45, 2.75) is 82.5 Å². The zero-order valence-corrected chi connectivity index (χ0v) is 26.0. The van der Waals surface area contributed by atoms with Crippen molar-refractivity contribution in [3.05, 3.63) is 52.6 Å². The summed E-state index contributed by atoms with van der Waals surface area (Å²) in [7, 11) is -1.77. The minimum atomic E-state index is -1.77. The maximum atomic E-state index is 11.6. The van der Waals surface area contributed by atoms with Crippen molar-refractivity contribution in [3.63, 3.8) is 0 Å². The van der Waals surface area contributed by atoms with Gasteiger partial charge in [0, 0.05) is 28.9 Å². The van der Waals surface area contributed by atoms with E-state index in [4.69, 9.17) is 14.1 Å². The van der Waals surface area contributed by atoms with E-state index in [2.05, 4.69) is 60.1 Å². The normalized spacial score (nSPS) is 19.6. The second-order valence-electron chi connectivity index (χ2n) is 11.4. The van der Waals surface area contributed by atoms with Crippen molar-refractivity contribution >= 4 is 58.0 Å². The van der Waals surface area contributed by atoms with Crippen LogP contribution in [0.4, 0.5) is 11.6 Å². The molecular weight excluding hydrogens is 566 g/mol. The van der Waals surface area contributed by atoms with Gasteiger partial charge in [0.1, 0.15) is 11.3 Å². The van der Waals surface area contributed by atoms with Crippen molar-refractivity contribution < 1.29 is 13.7 Å². The van der Waals surface area contributed by atoms with Gasteiger partial charge in [-0.15, -0.1) is 0 Å². The highest BCUT2D eigenvalue weighted by Gasteiger charge is 2.40. The van der Waals surface area contributed by atoms with Crippen LogP contribution in [0.25, 0.3) is 10.9 Å². The SMILES string of the molecule is C[S+]([O-])Cc1cccc(Nc2ncc3ccc(Br)c(O[C@H]4CC[C@@H](O[Si](C)(C)C(C)(C)C)CC4)c3n2)c1. The molecule has 3 aromatic rings. The third-order valence-corrected chi connectivity index (χ3v) is 13.3. The number of hydrogen-bond acceptors (Lipinski definition) is 6. The molecule has 1 fully saturated rings. The van der Waals surface area contributed by atoms with Crippen LogP contribution in [-0.2, 0) is 21.4 Å². The summed E-state index contributed by atoms with van der Waals surface area (Å²) in [5.74, 6) is 1.77. The van der Waals surface area contributed by atoms with Crippen molar-refractivity contribution in [2.75, 3.05) is 11.6 Å². The number of fused-ring (bicyclic) bond motifs is 1. The lowest BCUT2D eigenvalue weighted by Gasteiger charge is -2.41. The summed E-state index contributed by atoms with van der Waals surface area (Å²) in [6.07, 6.45) is 7.92. The lowest BCUT2D eigenvalue weighted by Crippen LogP contribution is -2.45. The molecular formula is C28H38BrN3O3SSi. The molecule has 1 saturated carbocycles. The van der Waals surface area contributed by atoms with Gasteiger partial charge in [0.05, 0.1) is 16.8 Å². The number of hydrogen-bond donors (Lipinski definition) is 1. The van der Waals surface area contributed by atoms with Crippen LogP contribution in [0.5, 0.6) is 5.75 Å². The molecule has 1 atom stereocenters. The van der Waals surface area contributed by atoms with E-state index in [0.717, 1.165) is 58.1 Å². The Morgan fingerprint density at radius 2 is 1.81 bits per heavy atom. The predicted molar refractivity (Wildman–Crippen MR) is 160 cm³/mol. The molecule has 0 aliphatic heterocycles. The highest BCUT2D eigenvalue weighted by molar-refractivity contribution is 9.10. The monoisotopic (exact) mass is 603 g/mol. The average Bonchev–Trinajstić information content (AvgIpc) is 2.81. The molecule has 0 spiro atoms. The number of halogens is 1. The molecule has 2 aromatic carbocycles. The van der Waals surface area contributed by atoms with Gasteiger partial charge < -0.3 is 19.0 Å². The number of nitrogens with one attached hydrogen (secondary N) is 1. The van der Waals surface area contributed by atoms with Gasteiger partial charge in [-0.1, -0.05) is 44.1 Å². The van der Waals surface area contributed by atoms with Crippen molar-refractivity contribution in [3.8, 4) is 5.75 Å². The Kier molecular flexibility index (Phi) is 8.90. The molecule has 9 heteroatoms. The molecule has 0 radical (unpaired) electrons. The summed E-state index contributed by atoms with van der Waals surface area (Å²) in [5, 5.41) is 4.44. The van der Waals surface area contributed by atoms with Gasteiger partial charge >= 0.3 is 0 Å². The number of benzene rings is 2. The van der Waals surface area contributed by atoms with Gasteiger partial charge in [0.2, 0.25) is 5.95 Å². The Bertz CT molecular complexity index is 1230. The zero-order chi connectivity index (χ0) is 26.8. The van der Waals surface area contributed by atoms with Crippen molar-refractivity contribution in [2.24, 2.45) is 0 Å². The second kappa shape index (κ2) is 11.6. The summed E-state index contributed by atoms with van der Waals surface area (Å²) in [4.78, 5) is 9.33. The number of aromatic nitrogens is 2. The zero-order valence-electron chi connectivity index (χ0n) is 22.6. The molecule has 37 heavy (non-hydrogen) atoms. The summed E-state index contributed by atoms with van der Waals surface area (Å²) in [6.45, 7) is 11.5. The Hall–Kier alpha value is -1.65. The molecule has 200 valence electrons. The van der Waals surface area contributed by atoms with Crippen LogP contribution >= 0.6 is 15.9 Å². The van der Waals surface area contributed by atoms with E-state index < -0.39 is 19.5 Å². The topological polar surface area (TPSA) is 79.3 Å². The van der Waals surface area contributed by atoms with Gasteiger partial charge in [-0.3, -0.25) is 0 Å². The Morgan fingerprint density at radius 3 is 2.49 bits per heavy atom. The minimum Gasteiger partial charge on any atom is -0.616 e. The van der Waals surface area contributed by atoms with Crippen LogP contribution in [0.15, 0.2) is 47.1 Å². The second-order valence-corrected chi connectivity index (χ2v) is 18.5. The minimum absolute atomic E-state index is 0.124. The third-order valence-electron chi connectivity index (χ3n) is 7.38.